The highest BCUT2D eigenvalue weighted by Gasteiger charge is 2.37. The summed E-state index contributed by atoms with van der Waals surface area (Å²) < 4.78 is 1.71. The number of benzene rings is 1. The first-order valence-corrected chi connectivity index (χ1v) is 10.3. The van der Waals surface area contributed by atoms with Crippen LogP contribution in [0.2, 0.25) is 0 Å². The number of aryl methyl sites for hydroxylation is 1. The molecule has 1 aromatic carbocycles. The second kappa shape index (κ2) is 7.55. The lowest BCUT2D eigenvalue weighted by Gasteiger charge is -2.36. The number of hydrogen-bond acceptors (Lipinski definition) is 7. The summed E-state index contributed by atoms with van der Waals surface area (Å²) in [7, 11) is 0. The van der Waals surface area contributed by atoms with Crippen molar-refractivity contribution in [1.82, 2.24) is 29.9 Å². The molecule has 0 atom stereocenters. The van der Waals surface area contributed by atoms with Crippen molar-refractivity contribution in [2.75, 3.05) is 5.73 Å². The molecule has 31 heavy (non-hydrogen) atoms. The summed E-state index contributed by atoms with van der Waals surface area (Å²) in [6.07, 6.45) is 4.36. The average Bonchev–Trinajstić information content (AvgIpc) is 3.20. The van der Waals surface area contributed by atoms with E-state index in [0.29, 0.717) is 17.9 Å². The minimum atomic E-state index is -0.784. The number of pyridine rings is 1. The molecule has 0 radical (unpaired) electrons. The van der Waals surface area contributed by atoms with Crippen LogP contribution in [0.3, 0.4) is 0 Å². The van der Waals surface area contributed by atoms with E-state index in [-0.39, 0.29) is 5.95 Å². The van der Waals surface area contributed by atoms with Gasteiger partial charge in [0.2, 0.25) is 5.95 Å². The molecule has 5 rings (SSSR count). The maximum atomic E-state index is 10.6. The SMILES string of the molecule is Cc1cccc(-c2cc(-c3cn(Cc4cccc(C5(O)CCC5)n4)nn3)nc(N)n2)c1. The molecular weight excluding hydrogens is 390 g/mol. The van der Waals surface area contributed by atoms with Gasteiger partial charge >= 0.3 is 0 Å². The van der Waals surface area contributed by atoms with Crippen LogP contribution in [-0.2, 0) is 12.1 Å². The molecule has 0 amide bonds. The number of rotatable bonds is 5. The lowest BCUT2D eigenvalue weighted by Crippen LogP contribution is -2.34. The van der Waals surface area contributed by atoms with Gasteiger partial charge in [0.05, 0.1) is 35.5 Å². The van der Waals surface area contributed by atoms with Crippen LogP contribution in [0.1, 0.15) is 36.2 Å². The maximum Gasteiger partial charge on any atom is 0.221 e. The summed E-state index contributed by atoms with van der Waals surface area (Å²) in [5.74, 6) is 0.187. The lowest BCUT2D eigenvalue weighted by atomic mass is 9.77. The van der Waals surface area contributed by atoms with Crippen molar-refractivity contribution in [2.24, 2.45) is 0 Å². The molecule has 4 aromatic rings. The topological polar surface area (TPSA) is 116 Å². The Morgan fingerprint density at radius 2 is 1.81 bits per heavy atom. The van der Waals surface area contributed by atoms with Gasteiger partial charge in [0.15, 0.2) is 0 Å². The van der Waals surface area contributed by atoms with Gasteiger partial charge in [-0.2, -0.15) is 0 Å². The molecule has 3 heterocycles. The van der Waals surface area contributed by atoms with Crippen LogP contribution >= 0.6 is 0 Å². The fourth-order valence-corrected chi connectivity index (χ4v) is 3.80. The molecule has 0 spiro atoms. The van der Waals surface area contributed by atoms with Gasteiger partial charge < -0.3 is 10.8 Å². The predicted molar refractivity (Wildman–Crippen MR) is 117 cm³/mol. The fraction of sp³-hybridized carbons (Fsp3) is 0.261. The largest absolute Gasteiger partial charge is 0.384 e. The Morgan fingerprint density at radius 1 is 1.00 bits per heavy atom. The molecule has 0 saturated heterocycles. The minimum Gasteiger partial charge on any atom is -0.384 e. The van der Waals surface area contributed by atoms with E-state index >= 15 is 0 Å². The number of nitrogens with zero attached hydrogens (tertiary/aromatic N) is 6. The lowest BCUT2D eigenvalue weighted by molar-refractivity contribution is -0.0427. The third-order valence-electron chi connectivity index (χ3n) is 5.65. The first kappa shape index (κ1) is 19.3. The number of hydrogen-bond donors (Lipinski definition) is 2. The quantitative estimate of drug-likeness (QED) is 0.516. The summed E-state index contributed by atoms with van der Waals surface area (Å²) in [5, 5.41) is 19.1. The zero-order chi connectivity index (χ0) is 21.4. The number of anilines is 1. The first-order valence-electron chi connectivity index (χ1n) is 10.3. The van der Waals surface area contributed by atoms with Gasteiger partial charge in [0, 0.05) is 5.56 Å². The highest BCUT2D eigenvalue weighted by Crippen LogP contribution is 2.40. The van der Waals surface area contributed by atoms with Gasteiger partial charge in [-0.1, -0.05) is 35.0 Å². The normalized spacial score (nSPS) is 14.9. The highest BCUT2D eigenvalue weighted by atomic mass is 16.3. The van der Waals surface area contributed by atoms with Crippen LogP contribution in [0.25, 0.3) is 22.6 Å². The van der Waals surface area contributed by atoms with Gasteiger partial charge in [-0.25, -0.2) is 14.6 Å². The molecule has 0 unspecified atom stereocenters. The molecule has 156 valence electrons. The Kier molecular flexibility index (Phi) is 4.71. The van der Waals surface area contributed by atoms with E-state index in [1.165, 1.54) is 0 Å². The third-order valence-corrected chi connectivity index (χ3v) is 5.65. The smallest absolute Gasteiger partial charge is 0.221 e. The van der Waals surface area contributed by atoms with Crippen molar-refractivity contribution in [1.29, 1.82) is 0 Å². The molecule has 1 aliphatic rings. The van der Waals surface area contributed by atoms with Crippen LogP contribution < -0.4 is 5.73 Å². The summed E-state index contributed by atoms with van der Waals surface area (Å²) in [6, 6.07) is 15.7. The average molecular weight is 413 g/mol. The predicted octanol–water partition coefficient (Wildman–Crippen LogP) is 3.11. The Balaban J connectivity index is 1.41. The Morgan fingerprint density at radius 3 is 2.58 bits per heavy atom. The van der Waals surface area contributed by atoms with Crippen LogP contribution in [0, 0.1) is 6.92 Å². The molecule has 1 aliphatic carbocycles. The molecular formula is C23H23N7O. The van der Waals surface area contributed by atoms with Gasteiger partial charge in [0.1, 0.15) is 11.3 Å². The fourth-order valence-electron chi connectivity index (χ4n) is 3.80. The summed E-state index contributed by atoms with van der Waals surface area (Å²) in [5.41, 5.74) is 10.8. The monoisotopic (exact) mass is 413 g/mol. The third kappa shape index (κ3) is 3.89. The summed E-state index contributed by atoms with van der Waals surface area (Å²) in [6.45, 7) is 2.48. The first-order chi connectivity index (χ1) is 15.0. The second-order valence-corrected chi connectivity index (χ2v) is 8.07. The Hall–Kier alpha value is -3.65. The Labute approximate surface area is 179 Å². The van der Waals surface area contributed by atoms with Crippen LogP contribution in [0.4, 0.5) is 5.95 Å². The number of nitrogen functional groups attached to an aromatic ring is 1. The van der Waals surface area contributed by atoms with Gasteiger partial charge in [-0.3, -0.25) is 4.98 Å². The Bertz CT molecular complexity index is 1250. The van der Waals surface area contributed by atoms with E-state index in [2.05, 4.69) is 31.3 Å². The molecule has 1 saturated carbocycles. The van der Waals surface area contributed by atoms with E-state index in [4.69, 9.17) is 5.73 Å². The van der Waals surface area contributed by atoms with Crippen molar-refractivity contribution in [3.63, 3.8) is 0 Å². The maximum absolute atomic E-state index is 10.6. The van der Waals surface area contributed by atoms with Crippen LogP contribution in [-0.4, -0.2) is 35.1 Å². The zero-order valence-electron chi connectivity index (χ0n) is 17.2. The van der Waals surface area contributed by atoms with Crippen LogP contribution in [0.5, 0.6) is 0 Å². The van der Waals surface area contributed by atoms with Crippen molar-refractivity contribution < 1.29 is 5.11 Å². The molecule has 8 heteroatoms. The zero-order valence-corrected chi connectivity index (χ0v) is 17.2. The van der Waals surface area contributed by atoms with Crippen molar-refractivity contribution in [3.05, 3.63) is 71.7 Å². The number of aromatic nitrogens is 6. The number of aliphatic hydroxyl groups is 1. The van der Waals surface area contributed by atoms with E-state index in [1.807, 2.05) is 55.6 Å². The molecule has 3 aromatic heterocycles. The van der Waals surface area contributed by atoms with Gasteiger partial charge in [-0.15, -0.1) is 5.10 Å². The summed E-state index contributed by atoms with van der Waals surface area (Å²) >= 11 is 0. The van der Waals surface area contributed by atoms with Gasteiger partial charge in [-0.05, 0) is 50.5 Å². The standard InChI is InChI=1S/C23H23N7O/c1-15-5-2-6-16(11-15)18-12-19(27-22(24)26-18)20-14-30(29-28-20)13-17-7-3-8-21(25-17)23(31)9-4-10-23/h2-3,5-8,11-12,14,31H,4,9-10,13H2,1H3,(H2,24,26,27). The second-order valence-electron chi connectivity index (χ2n) is 8.07. The van der Waals surface area contributed by atoms with Crippen molar-refractivity contribution in [3.8, 4) is 22.6 Å². The molecule has 1 fully saturated rings. The van der Waals surface area contributed by atoms with Crippen molar-refractivity contribution >= 4 is 5.95 Å². The van der Waals surface area contributed by atoms with E-state index in [1.54, 1.807) is 4.68 Å². The minimum absolute atomic E-state index is 0.187. The van der Waals surface area contributed by atoms with Gasteiger partial charge in [0.25, 0.3) is 0 Å². The van der Waals surface area contributed by atoms with E-state index in [9.17, 15) is 5.11 Å². The molecule has 3 N–H and O–H groups in total. The molecule has 0 aliphatic heterocycles. The van der Waals surface area contributed by atoms with Crippen LogP contribution in [0.15, 0.2) is 54.7 Å². The van der Waals surface area contributed by atoms with E-state index in [0.717, 1.165) is 47.5 Å². The summed E-state index contributed by atoms with van der Waals surface area (Å²) in [4.78, 5) is 13.3. The molecule has 8 nitrogen and oxygen atoms in total. The molecule has 0 bridgehead atoms. The van der Waals surface area contributed by atoms with Crippen molar-refractivity contribution in [2.45, 2.75) is 38.3 Å². The highest BCUT2D eigenvalue weighted by molar-refractivity contribution is 5.67. The number of nitrogens with two attached hydrogens (primary N) is 1. The van der Waals surface area contributed by atoms with E-state index < -0.39 is 5.60 Å².